The minimum Gasteiger partial charge on any atom is -0.482 e. The molecule has 0 atom stereocenters. The van der Waals surface area contributed by atoms with Crippen LogP contribution >= 0.6 is 0 Å². The van der Waals surface area contributed by atoms with E-state index in [1.807, 2.05) is 31.2 Å². The van der Waals surface area contributed by atoms with Crippen molar-refractivity contribution >= 4 is 29.2 Å². The van der Waals surface area contributed by atoms with E-state index in [2.05, 4.69) is 5.32 Å². The molecule has 1 aliphatic heterocycles. The van der Waals surface area contributed by atoms with Gasteiger partial charge >= 0.3 is 5.97 Å². The Balaban J connectivity index is 1.48. The number of amides is 2. The van der Waals surface area contributed by atoms with Gasteiger partial charge in [0.25, 0.3) is 11.8 Å². The average Bonchev–Trinajstić information content (AvgIpc) is 2.67. The highest BCUT2D eigenvalue weighted by atomic mass is 16.5. The maximum atomic E-state index is 12.1. The van der Waals surface area contributed by atoms with Crippen molar-refractivity contribution in [1.82, 2.24) is 0 Å². The van der Waals surface area contributed by atoms with Gasteiger partial charge in [-0.2, -0.15) is 0 Å². The van der Waals surface area contributed by atoms with E-state index in [0.29, 0.717) is 17.1 Å². The largest absolute Gasteiger partial charge is 0.482 e. The smallest absolute Gasteiger partial charge is 0.308 e. The van der Waals surface area contributed by atoms with Crippen molar-refractivity contribution in [2.24, 2.45) is 0 Å². The Hall–Kier alpha value is -3.35. The highest BCUT2D eigenvalue weighted by molar-refractivity contribution is 5.98. The Morgan fingerprint density at radius 2 is 1.89 bits per heavy atom. The monoisotopic (exact) mass is 368 g/mol. The summed E-state index contributed by atoms with van der Waals surface area (Å²) in [5.74, 6) is -0.584. The van der Waals surface area contributed by atoms with E-state index in [1.54, 1.807) is 24.3 Å². The van der Waals surface area contributed by atoms with Crippen LogP contribution in [0, 0.1) is 6.92 Å². The molecule has 1 N–H and O–H groups in total. The quantitative estimate of drug-likeness (QED) is 0.791. The Kier molecular flexibility index (Phi) is 5.71. The maximum absolute atomic E-state index is 12.1. The van der Waals surface area contributed by atoms with Crippen LogP contribution in [0.2, 0.25) is 0 Å². The third-order valence-electron chi connectivity index (χ3n) is 4.13. The fourth-order valence-electron chi connectivity index (χ4n) is 2.72. The molecule has 2 aromatic rings. The van der Waals surface area contributed by atoms with Crippen LogP contribution < -0.4 is 15.0 Å². The summed E-state index contributed by atoms with van der Waals surface area (Å²) >= 11 is 0. The number of rotatable bonds is 6. The first-order valence-corrected chi connectivity index (χ1v) is 8.58. The summed E-state index contributed by atoms with van der Waals surface area (Å²) in [4.78, 5) is 37.4. The van der Waals surface area contributed by atoms with Gasteiger partial charge in [0.05, 0.1) is 12.1 Å². The molecule has 0 saturated heterocycles. The Labute approximate surface area is 156 Å². The molecule has 0 radical (unpaired) electrons. The van der Waals surface area contributed by atoms with Crippen LogP contribution in [-0.4, -0.2) is 37.5 Å². The molecule has 1 heterocycles. The molecule has 0 aliphatic carbocycles. The topological polar surface area (TPSA) is 84.9 Å². The maximum Gasteiger partial charge on any atom is 0.308 e. The molecule has 27 heavy (non-hydrogen) atoms. The van der Waals surface area contributed by atoms with Crippen LogP contribution in [0.25, 0.3) is 0 Å². The lowest BCUT2D eigenvalue weighted by atomic mass is 10.2. The lowest BCUT2D eigenvalue weighted by Gasteiger charge is -2.28. The summed E-state index contributed by atoms with van der Waals surface area (Å²) in [6.45, 7) is 1.60. The number of benzene rings is 2. The van der Waals surface area contributed by atoms with Crippen LogP contribution in [0.5, 0.6) is 5.75 Å². The third kappa shape index (κ3) is 4.63. The first-order chi connectivity index (χ1) is 13.0. The summed E-state index contributed by atoms with van der Waals surface area (Å²) in [6.07, 6.45) is -0.0162. The zero-order chi connectivity index (χ0) is 19.2. The third-order valence-corrected chi connectivity index (χ3v) is 4.13. The molecule has 7 heteroatoms. The minimum atomic E-state index is -0.549. The normalized spacial score (nSPS) is 12.8. The predicted molar refractivity (Wildman–Crippen MR) is 99.7 cm³/mol. The van der Waals surface area contributed by atoms with Crippen molar-refractivity contribution < 1.29 is 23.9 Å². The van der Waals surface area contributed by atoms with Crippen molar-refractivity contribution in [3.8, 4) is 5.75 Å². The fourth-order valence-corrected chi connectivity index (χ4v) is 2.72. The number of hydrogen-bond acceptors (Lipinski definition) is 5. The summed E-state index contributed by atoms with van der Waals surface area (Å²) < 4.78 is 10.4. The van der Waals surface area contributed by atoms with Crippen LogP contribution in [-0.2, 0) is 19.1 Å². The van der Waals surface area contributed by atoms with E-state index >= 15 is 0 Å². The summed E-state index contributed by atoms with van der Waals surface area (Å²) in [5.41, 5.74) is 2.22. The van der Waals surface area contributed by atoms with E-state index in [9.17, 15) is 14.4 Å². The molecule has 7 nitrogen and oxygen atoms in total. The second-order valence-electron chi connectivity index (χ2n) is 6.08. The van der Waals surface area contributed by atoms with Crippen LogP contribution in [0.15, 0.2) is 48.5 Å². The lowest BCUT2D eigenvalue weighted by molar-refractivity contribution is -0.147. The van der Waals surface area contributed by atoms with Gasteiger partial charge in [0.1, 0.15) is 5.75 Å². The van der Waals surface area contributed by atoms with Crippen LogP contribution in [0.3, 0.4) is 0 Å². The van der Waals surface area contributed by atoms with Gasteiger partial charge in [-0.25, -0.2) is 0 Å². The van der Waals surface area contributed by atoms with Crippen molar-refractivity contribution in [1.29, 1.82) is 0 Å². The van der Waals surface area contributed by atoms with Crippen molar-refractivity contribution in [3.63, 3.8) is 0 Å². The molecule has 2 amide bonds. The predicted octanol–water partition coefficient (Wildman–Crippen LogP) is 2.29. The second-order valence-corrected chi connectivity index (χ2v) is 6.08. The molecule has 0 bridgehead atoms. The van der Waals surface area contributed by atoms with Gasteiger partial charge in [0, 0.05) is 12.2 Å². The van der Waals surface area contributed by atoms with Gasteiger partial charge in [-0.3, -0.25) is 14.4 Å². The van der Waals surface area contributed by atoms with Crippen LogP contribution in [0.4, 0.5) is 11.4 Å². The lowest BCUT2D eigenvalue weighted by Crippen LogP contribution is -2.40. The number of nitrogens with zero attached hydrogens (tertiary/aromatic N) is 1. The van der Waals surface area contributed by atoms with Crippen LogP contribution in [0.1, 0.15) is 12.0 Å². The Morgan fingerprint density at radius 3 is 2.70 bits per heavy atom. The summed E-state index contributed by atoms with van der Waals surface area (Å²) in [5, 5.41) is 2.69. The van der Waals surface area contributed by atoms with Gasteiger partial charge in [0.15, 0.2) is 13.2 Å². The molecular formula is C20H20N2O5. The average molecular weight is 368 g/mol. The van der Waals surface area contributed by atoms with Gasteiger partial charge in [-0.1, -0.05) is 30.3 Å². The number of carbonyl (C=O) groups excluding carboxylic acids is 3. The number of carbonyl (C=O) groups is 3. The van der Waals surface area contributed by atoms with Gasteiger partial charge in [0.2, 0.25) is 0 Å². The number of hydrogen-bond donors (Lipinski definition) is 1. The molecule has 2 aromatic carbocycles. The molecule has 140 valence electrons. The number of fused-ring (bicyclic) bond motifs is 1. The van der Waals surface area contributed by atoms with Gasteiger partial charge in [-0.05, 0) is 30.7 Å². The second kappa shape index (κ2) is 8.35. The highest BCUT2D eigenvalue weighted by Crippen LogP contribution is 2.31. The number of para-hydroxylation sites is 3. The molecule has 1 aliphatic rings. The molecule has 0 aromatic heterocycles. The minimum absolute atomic E-state index is 0.0162. The van der Waals surface area contributed by atoms with E-state index in [4.69, 9.17) is 9.47 Å². The zero-order valence-corrected chi connectivity index (χ0v) is 14.9. The molecule has 0 spiro atoms. The molecular weight excluding hydrogens is 348 g/mol. The summed E-state index contributed by atoms with van der Waals surface area (Å²) in [7, 11) is 0. The number of anilines is 2. The number of aryl methyl sites for hydroxylation is 1. The van der Waals surface area contributed by atoms with Gasteiger partial charge in [-0.15, -0.1) is 0 Å². The van der Waals surface area contributed by atoms with Crippen molar-refractivity contribution in [2.45, 2.75) is 13.3 Å². The summed E-state index contributed by atoms with van der Waals surface area (Å²) in [6, 6.07) is 14.5. The number of ether oxygens (including phenoxy) is 2. The van der Waals surface area contributed by atoms with E-state index < -0.39 is 11.9 Å². The van der Waals surface area contributed by atoms with Gasteiger partial charge < -0.3 is 19.7 Å². The Bertz CT molecular complexity index is 865. The SMILES string of the molecule is Cc1ccccc1NC(=O)COC(=O)CCN1C(=O)COc2ccccc21. The molecule has 0 unspecified atom stereocenters. The van der Waals surface area contributed by atoms with E-state index in [-0.39, 0.29) is 32.1 Å². The molecule has 3 rings (SSSR count). The van der Waals surface area contributed by atoms with Crippen molar-refractivity contribution in [2.75, 3.05) is 30.0 Å². The fraction of sp³-hybridized carbons (Fsp3) is 0.250. The Morgan fingerprint density at radius 1 is 1.15 bits per heavy atom. The molecule has 0 saturated carbocycles. The number of nitrogens with one attached hydrogen (secondary N) is 1. The van der Waals surface area contributed by atoms with E-state index in [0.717, 1.165) is 5.56 Å². The first-order valence-electron chi connectivity index (χ1n) is 8.58. The molecule has 0 fully saturated rings. The first kappa shape index (κ1) is 18.4. The standard InChI is InChI=1S/C20H20N2O5/c1-14-6-2-3-7-15(14)21-18(23)12-27-20(25)10-11-22-16-8-4-5-9-17(16)26-13-19(22)24/h2-9H,10-13H2,1H3,(H,21,23). The zero-order valence-electron chi connectivity index (χ0n) is 14.9. The van der Waals surface area contributed by atoms with Crippen molar-refractivity contribution in [3.05, 3.63) is 54.1 Å². The van der Waals surface area contributed by atoms with E-state index in [1.165, 1.54) is 4.90 Å². The number of esters is 1. The highest BCUT2D eigenvalue weighted by Gasteiger charge is 2.25.